The first-order chi connectivity index (χ1) is 16.8. The number of aliphatic hydroxyl groups is 1. The minimum atomic E-state index is -1.32. The first kappa shape index (κ1) is 20.4. The molecule has 0 unspecified atom stereocenters. The summed E-state index contributed by atoms with van der Waals surface area (Å²) in [6.07, 6.45) is 0. The van der Waals surface area contributed by atoms with Crippen molar-refractivity contribution in [3.05, 3.63) is 156 Å². The van der Waals surface area contributed by atoms with Crippen molar-refractivity contribution < 1.29 is 5.11 Å². The van der Waals surface area contributed by atoms with Gasteiger partial charge in [-0.25, -0.2) is 0 Å². The van der Waals surface area contributed by atoms with Gasteiger partial charge in [0, 0.05) is 5.56 Å². The molecule has 0 radical (unpaired) electrons. The summed E-state index contributed by atoms with van der Waals surface area (Å²) in [6.45, 7) is 0. The van der Waals surface area contributed by atoms with Gasteiger partial charge in [-0.2, -0.15) is 0 Å². The van der Waals surface area contributed by atoms with Crippen molar-refractivity contribution >= 4 is 21.5 Å². The molecule has 1 heteroatoms. The SMILES string of the molecule is OC(c1ccccc1)(c1ccccc1)c1ccc2ccccc2c1-c1cccc2ccccc12. The van der Waals surface area contributed by atoms with E-state index in [0.29, 0.717) is 0 Å². The van der Waals surface area contributed by atoms with Crippen LogP contribution in [0.5, 0.6) is 0 Å². The van der Waals surface area contributed by atoms with Gasteiger partial charge in [-0.3, -0.25) is 0 Å². The summed E-state index contributed by atoms with van der Waals surface area (Å²) in [5.41, 5.74) is 3.43. The lowest BCUT2D eigenvalue weighted by molar-refractivity contribution is 0.126. The average Bonchev–Trinajstić information content (AvgIpc) is 2.92. The smallest absolute Gasteiger partial charge is 0.141 e. The predicted molar refractivity (Wildman–Crippen MR) is 142 cm³/mol. The maximum Gasteiger partial charge on any atom is 0.141 e. The van der Waals surface area contributed by atoms with Gasteiger partial charge in [-0.15, -0.1) is 0 Å². The number of fused-ring (bicyclic) bond motifs is 2. The summed E-state index contributed by atoms with van der Waals surface area (Å²) in [5, 5.41) is 17.3. The molecule has 6 aromatic carbocycles. The second-order valence-electron chi connectivity index (χ2n) is 8.68. The lowest BCUT2D eigenvalue weighted by Crippen LogP contribution is -2.29. The Kier molecular flexibility index (Phi) is 4.98. The topological polar surface area (TPSA) is 20.2 Å². The molecule has 0 amide bonds. The van der Waals surface area contributed by atoms with Gasteiger partial charge in [0.05, 0.1) is 0 Å². The maximum atomic E-state index is 12.7. The quantitative estimate of drug-likeness (QED) is 0.278. The zero-order chi connectivity index (χ0) is 23.0. The summed E-state index contributed by atoms with van der Waals surface area (Å²) < 4.78 is 0. The molecule has 6 rings (SSSR count). The Hall–Kier alpha value is -4.20. The van der Waals surface area contributed by atoms with Crippen molar-refractivity contribution in [2.24, 2.45) is 0 Å². The van der Waals surface area contributed by atoms with E-state index in [2.05, 4.69) is 78.9 Å². The van der Waals surface area contributed by atoms with Gasteiger partial charge in [0.1, 0.15) is 5.60 Å². The van der Waals surface area contributed by atoms with Crippen LogP contribution in [0, 0.1) is 0 Å². The molecule has 6 aromatic rings. The predicted octanol–water partition coefficient (Wildman–Crippen LogP) is 7.94. The molecule has 0 aromatic heterocycles. The summed E-state index contributed by atoms with van der Waals surface area (Å²) in [7, 11) is 0. The van der Waals surface area contributed by atoms with Crippen molar-refractivity contribution in [1.29, 1.82) is 0 Å². The van der Waals surface area contributed by atoms with Gasteiger partial charge in [-0.1, -0.05) is 140 Å². The van der Waals surface area contributed by atoms with E-state index in [1.165, 1.54) is 10.8 Å². The van der Waals surface area contributed by atoms with Gasteiger partial charge in [0.2, 0.25) is 0 Å². The third-order valence-corrected chi connectivity index (χ3v) is 6.76. The summed E-state index contributed by atoms with van der Waals surface area (Å²) in [6, 6.07) is 47.5. The highest BCUT2D eigenvalue weighted by molar-refractivity contribution is 6.07. The molecule has 0 fully saturated rings. The minimum absolute atomic E-state index is 0.845. The van der Waals surface area contributed by atoms with Gasteiger partial charge in [-0.05, 0) is 43.8 Å². The molecule has 0 spiro atoms. The van der Waals surface area contributed by atoms with Crippen LogP contribution in [0.15, 0.2) is 140 Å². The van der Waals surface area contributed by atoms with E-state index in [4.69, 9.17) is 0 Å². The Morgan fingerprint density at radius 1 is 0.412 bits per heavy atom. The fourth-order valence-corrected chi connectivity index (χ4v) is 5.14. The average molecular weight is 437 g/mol. The molecule has 1 N–H and O–H groups in total. The Labute approximate surface area is 199 Å². The lowest BCUT2D eigenvalue weighted by Gasteiger charge is -2.33. The van der Waals surface area contributed by atoms with Crippen molar-refractivity contribution in [3.63, 3.8) is 0 Å². The van der Waals surface area contributed by atoms with Crippen molar-refractivity contribution in [1.82, 2.24) is 0 Å². The van der Waals surface area contributed by atoms with E-state index in [0.717, 1.165) is 38.6 Å². The van der Waals surface area contributed by atoms with E-state index < -0.39 is 5.60 Å². The normalized spacial score (nSPS) is 11.7. The largest absolute Gasteiger partial charge is 0.376 e. The monoisotopic (exact) mass is 436 g/mol. The first-order valence-corrected chi connectivity index (χ1v) is 11.6. The molecular weight excluding hydrogens is 412 g/mol. The van der Waals surface area contributed by atoms with E-state index in [1.54, 1.807) is 0 Å². The minimum Gasteiger partial charge on any atom is -0.376 e. The summed E-state index contributed by atoms with van der Waals surface area (Å²) in [4.78, 5) is 0. The highest BCUT2D eigenvalue weighted by Crippen LogP contribution is 2.45. The molecule has 0 aliphatic rings. The Bertz CT molecular complexity index is 1560. The van der Waals surface area contributed by atoms with E-state index in [9.17, 15) is 5.11 Å². The zero-order valence-corrected chi connectivity index (χ0v) is 18.7. The third kappa shape index (κ3) is 3.22. The van der Waals surface area contributed by atoms with Crippen LogP contribution >= 0.6 is 0 Å². The van der Waals surface area contributed by atoms with Crippen molar-refractivity contribution in [3.8, 4) is 11.1 Å². The van der Waals surface area contributed by atoms with Crippen molar-refractivity contribution in [2.75, 3.05) is 0 Å². The molecule has 1 nitrogen and oxygen atoms in total. The number of benzene rings is 6. The highest BCUT2D eigenvalue weighted by Gasteiger charge is 2.36. The molecule has 0 bridgehead atoms. The van der Waals surface area contributed by atoms with Crippen LogP contribution < -0.4 is 0 Å². The number of rotatable bonds is 4. The number of hydrogen-bond donors (Lipinski definition) is 1. The molecule has 0 saturated carbocycles. The van der Waals surface area contributed by atoms with Crippen LogP contribution in [0.25, 0.3) is 32.7 Å². The second kappa shape index (κ2) is 8.30. The Morgan fingerprint density at radius 2 is 0.912 bits per heavy atom. The molecule has 0 heterocycles. The van der Waals surface area contributed by atoms with Gasteiger partial charge >= 0.3 is 0 Å². The fourth-order valence-electron chi connectivity index (χ4n) is 5.14. The molecule has 0 aliphatic heterocycles. The molecule has 0 aliphatic carbocycles. The van der Waals surface area contributed by atoms with Crippen LogP contribution in [-0.4, -0.2) is 5.11 Å². The fraction of sp³-hybridized carbons (Fsp3) is 0.0303. The van der Waals surface area contributed by atoms with Crippen molar-refractivity contribution in [2.45, 2.75) is 5.60 Å². The Morgan fingerprint density at radius 3 is 1.56 bits per heavy atom. The molecule has 34 heavy (non-hydrogen) atoms. The Balaban J connectivity index is 1.78. The standard InChI is InChI=1S/C33H24O/c34-33(26-15-3-1-4-16-26,27-17-5-2-6-18-27)31-23-22-25-13-8-10-20-29(25)32(31)30-21-11-14-24-12-7-9-19-28(24)30/h1-23,34H. The second-order valence-corrected chi connectivity index (χ2v) is 8.68. The highest BCUT2D eigenvalue weighted by atomic mass is 16.3. The van der Waals surface area contributed by atoms with E-state index in [-0.39, 0.29) is 0 Å². The summed E-state index contributed by atoms with van der Waals surface area (Å²) in [5.74, 6) is 0. The molecule has 162 valence electrons. The lowest BCUT2D eigenvalue weighted by atomic mass is 9.75. The van der Waals surface area contributed by atoms with E-state index in [1.807, 2.05) is 60.7 Å². The van der Waals surface area contributed by atoms with E-state index >= 15 is 0 Å². The van der Waals surface area contributed by atoms with Gasteiger partial charge in [0.25, 0.3) is 0 Å². The maximum absolute atomic E-state index is 12.7. The van der Waals surface area contributed by atoms with Crippen LogP contribution in [0.3, 0.4) is 0 Å². The summed E-state index contributed by atoms with van der Waals surface area (Å²) >= 11 is 0. The van der Waals surface area contributed by atoms with Crippen LogP contribution in [0.1, 0.15) is 16.7 Å². The van der Waals surface area contributed by atoms with Gasteiger partial charge in [0.15, 0.2) is 0 Å². The third-order valence-electron chi connectivity index (χ3n) is 6.76. The molecule has 0 saturated heterocycles. The van der Waals surface area contributed by atoms with Crippen LogP contribution in [0.2, 0.25) is 0 Å². The number of hydrogen-bond acceptors (Lipinski definition) is 1. The van der Waals surface area contributed by atoms with Gasteiger partial charge < -0.3 is 5.11 Å². The molecular formula is C33H24O. The van der Waals surface area contributed by atoms with Crippen LogP contribution in [0.4, 0.5) is 0 Å². The first-order valence-electron chi connectivity index (χ1n) is 11.6. The molecule has 0 atom stereocenters. The van der Waals surface area contributed by atoms with Crippen LogP contribution in [-0.2, 0) is 5.60 Å². The zero-order valence-electron chi connectivity index (χ0n) is 18.7.